The molecule has 34 heavy (non-hydrogen) atoms. The molecule has 1 amide bonds. The van der Waals surface area contributed by atoms with Gasteiger partial charge in [0.15, 0.2) is 5.88 Å². The number of allylic oxidation sites excluding steroid dienone is 1. The molecule has 1 aromatic carbocycles. The normalized spacial score (nSPS) is 17.4. The molecule has 1 fully saturated rings. The highest BCUT2D eigenvalue weighted by atomic mass is 19.1. The monoisotopic (exact) mass is 468 g/mol. The van der Waals surface area contributed by atoms with Gasteiger partial charge in [-0.15, -0.1) is 0 Å². The Labute approximate surface area is 196 Å². The van der Waals surface area contributed by atoms with Crippen molar-refractivity contribution in [2.45, 2.75) is 25.9 Å². The molecule has 0 saturated carbocycles. The van der Waals surface area contributed by atoms with Crippen LogP contribution in [0.3, 0.4) is 0 Å². The van der Waals surface area contributed by atoms with Gasteiger partial charge < -0.3 is 30.2 Å². The van der Waals surface area contributed by atoms with Crippen LogP contribution in [0.1, 0.15) is 39.3 Å². The van der Waals surface area contributed by atoms with Gasteiger partial charge in [0, 0.05) is 48.3 Å². The molecule has 0 bridgehead atoms. The number of aliphatic hydroxyl groups excluding tert-OH is 1. The first kappa shape index (κ1) is 22.6. The summed E-state index contributed by atoms with van der Waals surface area (Å²) in [6.45, 7) is 5.33. The summed E-state index contributed by atoms with van der Waals surface area (Å²) in [6, 6.07) is 4.34. The molecule has 180 valence electrons. The van der Waals surface area contributed by atoms with Gasteiger partial charge in [0.2, 0.25) is 0 Å². The van der Waals surface area contributed by atoms with Crippen LogP contribution in [0.4, 0.5) is 4.39 Å². The second-order valence-electron chi connectivity index (χ2n) is 8.95. The van der Waals surface area contributed by atoms with Crippen LogP contribution in [0.2, 0.25) is 0 Å². The highest BCUT2D eigenvalue weighted by Gasteiger charge is 2.28. The number of morpholine rings is 1. The number of aromatic hydroxyl groups is 1. The van der Waals surface area contributed by atoms with Crippen molar-refractivity contribution in [1.29, 1.82) is 0 Å². The zero-order valence-corrected chi connectivity index (χ0v) is 19.1. The molecule has 1 saturated heterocycles. The standard InChI is InChI=1S/C25H29FN4O4/c1-14-21(24(32)27-12-16(31)13-30-7-9-34-10-8-30)17-3-2-4-18(23(17)28-14)22-19-11-15(26)5-6-20(19)29-25(22)33/h4-6,11,16,28-29,31,33H,2-3,7-10,12-13H2,1H3,(H,27,32). The number of hydrogen-bond donors (Lipinski definition) is 5. The number of carbonyl (C=O) groups is 1. The maximum Gasteiger partial charge on any atom is 0.253 e. The molecule has 0 radical (unpaired) electrons. The minimum absolute atomic E-state index is 0.0378. The molecule has 1 aliphatic carbocycles. The maximum absolute atomic E-state index is 14.0. The van der Waals surface area contributed by atoms with Gasteiger partial charge >= 0.3 is 0 Å². The summed E-state index contributed by atoms with van der Waals surface area (Å²) in [7, 11) is 0. The molecule has 3 heterocycles. The summed E-state index contributed by atoms with van der Waals surface area (Å²) in [6.07, 6.45) is 2.67. The van der Waals surface area contributed by atoms with E-state index < -0.39 is 6.10 Å². The van der Waals surface area contributed by atoms with Crippen LogP contribution in [-0.2, 0) is 11.2 Å². The zero-order chi connectivity index (χ0) is 23.8. The summed E-state index contributed by atoms with van der Waals surface area (Å²) in [5, 5.41) is 24.5. The fraction of sp³-hybridized carbons (Fsp3) is 0.400. The average molecular weight is 469 g/mol. The number of benzene rings is 1. The van der Waals surface area contributed by atoms with Crippen molar-refractivity contribution in [3.8, 4) is 5.88 Å². The Morgan fingerprint density at radius 2 is 2.09 bits per heavy atom. The fourth-order valence-electron chi connectivity index (χ4n) is 5.02. The molecule has 2 aromatic heterocycles. The molecule has 5 rings (SSSR count). The molecule has 3 aromatic rings. The molecule has 2 aliphatic rings. The van der Waals surface area contributed by atoms with Crippen molar-refractivity contribution in [2.75, 3.05) is 39.4 Å². The van der Waals surface area contributed by atoms with Gasteiger partial charge in [0.25, 0.3) is 5.91 Å². The lowest BCUT2D eigenvalue weighted by Crippen LogP contribution is -2.44. The Morgan fingerprint density at radius 1 is 1.29 bits per heavy atom. The molecule has 0 spiro atoms. The van der Waals surface area contributed by atoms with Crippen LogP contribution >= 0.6 is 0 Å². The molecular weight excluding hydrogens is 439 g/mol. The van der Waals surface area contributed by atoms with E-state index in [9.17, 15) is 19.4 Å². The lowest BCUT2D eigenvalue weighted by atomic mass is 9.89. The fourth-order valence-corrected chi connectivity index (χ4v) is 5.02. The first-order chi connectivity index (χ1) is 16.4. The van der Waals surface area contributed by atoms with E-state index in [1.165, 1.54) is 12.1 Å². The Kier molecular flexibility index (Phi) is 6.16. The topological polar surface area (TPSA) is 114 Å². The van der Waals surface area contributed by atoms with E-state index in [4.69, 9.17) is 4.74 Å². The Morgan fingerprint density at radius 3 is 2.88 bits per heavy atom. The van der Waals surface area contributed by atoms with Crippen LogP contribution in [0.5, 0.6) is 5.88 Å². The SMILES string of the molecule is Cc1[nH]c2c(c1C(=O)NCC(O)CN1CCOCC1)CCC=C2c1c(O)[nH]c2ccc(F)cc12. The third kappa shape index (κ3) is 4.22. The molecule has 5 N–H and O–H groups in total. The van der Waals surface area contributed by atoms with Crippen molar-refractivity contribution in [3.63, 3.8) is 0 Å². The van der Waals surface area contributed by atoms with E-state index >= 15 is 0 Å². The number of fused-ring (bicyclic) bond motifs is 2. The molecular formula is C25H29FN4O4. The minimum Gasteiger partial charge on any atom is -0.494 e. The van der Waals surface area contributed by atoms with Gasteiger partial charge in [-0.1, -0.05) is 6.08 Å². The predicted molar refractivity (Wildman–Crippen MR) is 126 cm³/mol. The number of aromatic amines is 2. The minimum atomic E-state index is -0.675. The van der Waals surface area contributed by atoms with Gasteiger partial charge in [-0.2, -0.15) is 0 Å². The van der Waals surface area contributed by atoms with E-state index in [0.717, 1.165) is 29.9 Å². The number of aliphatic hydroxyl groups is 1. The smallest absolute Gasteiger partial charge is 0.253 e. The zero-order valence-electron chi connectivity index (χ0n) is 19.1. The first-order valence-corrected chi connectivity index (χ1v) is 11.6. The van der Waals surface area contributed by atoms with Crippen molar-refractivity contribution >= 4 is 22.4 Å². The van der Waals surface area contributed by atoms with Crippen LogP contribution < -0.4 is 5.32 Å². The van der Waals surface area contributed by atoms with Crippen molar-refractivity contribution in [2.24, 2.45) is 0 Å². The number of rotatable bonds is 6. The molecule has 1 aliphatic heterocycles. The number of nitrogens with one attached hydrogen (secondary N) is 3. The van der Waals surface area contributed by atoms with Gasteiger partial charge in [0.1, 0.15) is 5.82 Å². The summed E-state index contributed by atoms with van der Waals surface area (Å²) in [5.41, 5.74) is 4.78. The third-order valence-corrected chi connectivity index (χ3v) is 6.61. The highest BCUT2D eigenvalue weighted by molar-refractivity contribution is 6.03. The quantitative estimate of drug-likeness (QED) is 0.381. The number of ether oxygens (including phenoxy) is 1. The summed E-state index contributed by atoms with van der Waals surface area (Å²) < 4.78 is 19.3. The second-order valence-corrected chi connectivity index (χ2v) is 8.95. The van der Waals surface area contributed by atoms with E-state index in [1.54, 1.807) is 6.07 Å². The Balaban J connectivity index is 1.37. The number of β-amino-alcohol motifs (C(OH)–C–C–N with tert-alkyl or cyclic N) is 1. The largest absolute Gasteiger partial charge is 0.494 e. The maximum atomic E-state index is 14.0. The number of hydrogen-bond acceptors (Lipinski definition) is 5. The molecule has 9 heteroatoms. The van der Waals surface area contributed by atoms with Crippen LogP contribution in [0, 0.1) is 12.7 Å². The van der Waals surface area contributed by atoms with Gasteiger partial charge in [-0.25, -0.2) is 4.39 Å². The van der Waals surface area contributed by atoms with Crippen LogP contribution in [-0.4, -0.2) is 76.5 Å². The average Bonchev–Trinajstić information content (AvgIpc) is 3.33. The van der Waals surface area contributed by atoms with Gasteiger partial charge in [-0.3, -0.25) is 9.69 Å². The van der Waals surface area contributed by atoms with E-state index in [1.807, 2.05) is 13.0 Å². The first-order valence-electron chi connectivity index (χ1n) is 11.6. The van der Waals surface area contributed by atoms with Crippen molar-refractivity contribution < 1.29 is 24.1 Å². The Bertz CT molecular complexity index is 1260. The van der Waals surface area contributed by atoms with Crippen molar-refractivity contribution in [1.82, 2.24) is 20.2 Å². The van der Waals surface area contributed by atoms with Crippen LogP contribution in [0.15, 0.2) is 24.3 Å². The molecule has 1 unspecified atom stereocenters. The third-order valence-electron chi connectivity index (χ3n) is 6.61. The summed E-state index contributed by atoms with van der Waals surface area (Å²) in [5.74, 6) is -0.668. The van der Waals surface area contributed by atoms with Crippen molar-refractivity contribution in [3.05, 3.63) is 58.2 Å². The highest BCUT2D eigenvalue weighted by Crippen LogP contribution is 2.41. The van der Waals surface area contributed by atoms with E-state index in [0.29, 0.717) is 60.3 Å². The van der Waals surface area contributed by atoms with Gasteiger partial charge in [0.05, 0.1) is 36.1 Å². The molecule has 1 atom stereocenters. The number of carbonyl (C=O) groups excluding carboxylic acids is 1. The Hall–Kier alpha value is -3.14. The predicted octanol–water partition coefficient (Wildman–Crippen LogP) is 2.45. The number of halogens is 1. The van der Waals surface area contributed by atoms with E-state index in [-0.39, 0.29) is 24.1 Å². The lowest BCUT2D eigenvalue weighted by Gasteiger charge is -2.28. The number of aromatic nitrogens is 2. The number of aryl methyl sites for hydroxylation is 1. The van der Waals surface area contributed by atoms with Crippen LogP contribution in [0.25, 0.3) is 16.5 Å². The lowest BCUT2D eigenvalue weighted by molar-refractivity contribution is 0.0149. The van der Waals surface area contributed by atoms with E-state index in [2.05, 4.69) is 20.2 Å². The number of H-pyrrole nitrogens is 2. The summed E-state index contributed by atoms with van der Waals surface area (Å²) in [4.78, 5) is 21.5. The number of amides is 1. The molecule has 8 nitrogen and oxygen atoms in total. The second kappa shape index (κ2) is 9.25. The number of nitrogens with zero attached hydrogens (tertiary/aromatic N) is 1. The van der Waals surface area contributed by atoms with Gasteiger partial charge in [-0.05, 0) is 43.5 Å². The summed E-state index contributed by atoms with van der Waals surface area (Å²) >= 11 is 0.